The average Bonchev–Trinajstić information content (AvgIpc) is 2.67. The minimum atomic E-state index is -4.57. The van der Waals surface area contributed by atoms with Gasteiger partial charge in [-0.25, -0.2) is 0 Å². The van der Waals surface area contributed by atoms with Crippen molar-refractivity contribution in [2.45, 2.75) is 32.9 Å². The van der Waals surface area contributed by atoms with E-state index < -0.39 is 17.6 Å². The zero-order chi connectivity index (χ0) is 20.7. The summed E-state index contributed by atoms with van der Waals surface area (Å²) in [6.07, 6.45) is -2.78. The van der Waals surface area contributed by atoms with E-state index in [1.165, 1.54) is 23.1 Å². The molecule has 0 saturated carbocycles. The zero-order valence-electron chi connectivity index (χ0n) is 16.5. The fourth-order valence-electron chi connectivity index (χ4n) is 3.39. The Morgan fingerprint density at radius 1 is 1.00 bits per heavy atom. The Kier molecular flexibility index (Phi) is 7.86. The van der Waals surface area contributed by atoms with Crippen LogP contribution in [0.15, 0.2) is 24.3 Å². The molecule has 1 aliphatic rings. The second-order valence-electron chi connectivity index (χ2n) is 6.99. The number of alkyl halides is 3. The lowest BCUT2D eigenvalue weighted by Gasteiger charge is -2.35. The molecular weight excluding hydrogens is 371 g/mol. The van der Waals surface area contributed by atoms with Crippen LogP contribution in [0.5, 0.6) is 0 Å². The van der Waals surface area contributed by atoms with Crippen LogP contribution in [0.1, 0.15) is 42.6 Å². The maximum absolute atomic E-state index is 13.2. The van der Waals surface area contributed by atoms with Crippen LogP contribution < -0.4 is 0 Å². The summed E-state index contributed by atoms with van der Waals surface area (Å²) >= 11 is 0. The van der Waals surface area contributed by atoms with Crippen LogP contribution in [-0.4, -0.2) is 72.3 Å². The quantitative estimate of drug-likeness (QED) is 0.708. The Balaban J connectivity index is 1.95. The highest BCUT2D eigenvalue weighted by Crippen LogP contribution is 2.32. The number of carbonyl (C=O) groups excluding carboxylic acids is 2. The molecule has 0 unspecified atom stereocenters. The Morgan fingerprint density at radius 2 is 1.57 bits per heavy atom. The fourth-order valence-corrected chi connectivity index (χ4v) is 3.39. The number of rotatable bonds is 7. The molecule has 156 valence electrons. The summed E-state index contributed by atoms with van der Waals surface area (Å²) in [5.74, 6) is -0.552. The molecule has 0 aliphatic carbocycles. The molecule has 2 rings (SSSR count). The van der Waals surface area contributed by atoms with Gasteiger partial charge < -0.3 is 9.80 Å². The number of piperazine rings is 1. The second-order valence-corrected chi connectivity index (χ2v) is 6.99. The highest BCUT2D eigenvalue weighted by atomic mass is 19.4. The molecule has 1 heterocycles. The molecule has 0 aromatic heterocycles. The number of halogens is 3. The van der Waals surface area contributed by atoms with Crippen molar-refractivity contribution in [1.29, 1.82) is 0 Å². The van der Waals surface area contributed by atoms with E-state index in [1.807, 2.05) is 23.6 Å². The number of carbonyl (C=O) groups is 2. The molecule has 0 atom stereocenters. The van der Waals surface area contributed by atoms with Gasteiger partial charge >= 0.3 is 6.18 Å². The van der Waals surface area contributed by atoms with Gasteiger partial charge in [0.1, 0.15) is 0 Å². The SMILES string of the molecule is CCCN(CCC)C(=O)CN1CCN(C(=O)c2ccccc2C(F)(F)F)CC1. The van der Waals surface area contributed by atoms with Gasteiger partial charge in [0.15, 0.2) is 0 Å². The van der Waals surface area contributed by atoms with Crippen molar-refractivity contribution in [3.8, 4) is 0 Å². The summed E-state index contributed by atoms with van der Waals surface area (Å²) in [6.45, 7) is 7.33. The first kappa shape index (κ1) is 22.2. The second kappa shape index (κ2) is 9.91. The lowest BCUT2D eigenvalue weighted by molar-refractivity contribution is -0.138. The molecule has 5 nitrogen and oxygen atoms in total. The molecule has 0 radical (unpaired) electrons. The third kappa shape index (κ3) is 5.70. The molecule has 1 saturated heterocycles. The predicted octanol–water partition coefficient (Wildman–Crippen LogP) is 3.11. The van der Waals surface area contributed by atoms with Gasteiger partial charge in [0.25, 0.3) is 5.91 Å². The van der Waals surface area contributed by atoms with E-state index >= 15 is 0 Å². The van der Waals surface area contributed by atoms with Crippen LogP contribution in [-0.2, 0) is 11.0 Å². The van der Waals surface area contributed by atoms with Crippen molar-refractivity contribution in [2.75, 3.05) is 45.8 Å². The minimum Gasteiger partial charge on any atom is -0.342 e. The highest BCUT2D eigenvalue weighted by molar-refractivity contribution is 5.96. The van der Waals surface area contributed by atoms with E-state index in [0.29, 0.717) is 26.2 Å². The van der Waals surface area contributed by atoms with Crippen molar-refractivity contribution in [3.63, 3.8) is 0 Å². The molecule has 1 aromatic carbocycles. The zero-order valence-corrected chi connectivity index (χ0v) is 16.5. The highest BCUT2D eigenvalue weighted by Gasteiger charge is 2.36. The topological polar surface area (TPSA) is 43.9 Å². The van der Waals surface area contributed by atoms with Crippen LogP contribution >= 0.6 is 0 Å². The fraction of sp³-hybridized carbons (Fsp3) is 0.600. The van der Waals surface area contributed by atoms with E-state index in [-0.39, 0.29) is 18.0 Å². The Morgan fingerprint density at radius 3 is 2.11 bits per heavy atom. The summed E-state index contributed by atoms with van der Waals surface area (Å²) in [5.41, 5.74) is -1.23. The number of benzene rings is 1. The Labute approximate surface area is 164 Å². The molecule has 2 amide bonds. The van der Waals surface area contributed by atoms with Crippen molar-refractivity contribution < 1.29 is 22.8 Å². The van der Waals surface area contributed by atoms with Gasteiger partial charge in [-0.1, -0.05) is 26.0 Å². The third-order valence-corrected chi connectivity index (χ3v) is 4.82. The average molecular weight is 399 g/mol. The third-order valence-electron chi connectivity index (χ3n) is 4.82. The first-order valence-corrected chi connectivity index (χ1v) is 9.73. The van der Waals surface area contributed by atoms with Crippen LogP contribution in [0.3, 0.4) is 0 Å². The summed E-state index contributed by atoms with van der Waals surface area (Å²) in [6, 6.07) is 4.86. The first-order valence-electron chi connectivity index (χ1n) is 9.73. The van der Waals surface area contributed by atoms with Crippen LogP contribution in [0, 0.1) is 0 Å². The van der Waals surface area contributed by atoms with Gasteiger partial charge in [-0.2, -0.15) is 13.2 Å². The van der Waals surface area contributed by atoms with Gasteiger partial charge in [0.2, 0.25) is 5.91 Å². The van der Waals surface area contributed by atoms with Gasteiger partial charge in [0.05, 0.1) is 17.7 Å². The molecule has 1 aliphatic heterocycles. The van der Waals surface area contributed by atoms with E-state index in [9.17, 15) is 22.8 Å². The molecule has 1 fully saturated rings. The number of hydrogen-bond acceptors (Lipinski definition) is 3. The minimum absolute atomic E-state index is 0.0610. The van der Waals surface area contributed by atoms with E-state index in [0.717, 1.165) is 32.0 Å². The van der Waals surface area contributed by atoms with Crippen molar-refractivity contribution in [3.05, 3.63) is 35.4 Å². The maximum Gasteiger partial charge on any atom is 0.417 e. The van der Waals surface area contributed by atoms with Crippen molar-refractivity contribution in [1.82, 2.24) is 14.7 Å². The van der Waals surface area contributed by atoms with Crippen molar-refractivity contribution in [2.24, 2.45) is 0 Å². The summed E-state index contributed by atoms with van der Waals surface area (Å²) in [4.78, 5) is 30.3. The summed E-state index contributed by atoms with van der Waals surface area (Å²) in [7, 11) is 0. The molecule has 1 aromatic rings. The van der Waals surface area contributed by atoms with Gasteiger partial charge in [-0.15, -0.1) is 0 Å². The van der Waals surface area contributed by atoms with E-state index in [1.54, 1.807) is 0 Å². The summed E-state index contributed by atoms with van der Waals surface area (Å²) < 4.78 is 39.5. The monoisotopic (exact) mass is 399 g/mol. The molecule has 0 spiro atoms. The summed E-state index contributed by atoms with van der Waals surface area (Å²) in [5, 5.41) is 0. The molecule has 8 heteroatoms. The smallest absolute Gasteiger partial charge is 0.342 e. The van der Waals surface area contributed by atoms with Gasteiger partial charge in [0, 0.05) is 39.3 Å². The van der Waals surface area contributed by atoms with Crippen LogP contribution in [0.25, 0.3) is 0 Å². The predicted molar refractivity (Wildman–Crippen MR) is 101 cm³/mol. The number of hydrogen-bond donors (Lipinski definition) is 0. The van der Waals surface area contributed by atoms with Crippen molar-refractivity contribution >= 4 is 11.8 Å². The van der Waals surface area contributed by atoms with E-state index in [2.05, 4.69) is 0 Å². The number of amides is 2. The normalized spacial score (nSPS) is 15.5. The Hall–Kier alpha value is -2.09. The van der Waals surface area contributed by atoms with Crippen LogP contribution in [0.2, 0.25) is 0 Å². The lowest BCUT2D eigenvalue weighted by Crippen LogP contribution is -2.51. The molecular formula is C20H28F3N3O2. The van der Waals surface area contributed by atoms with E-state index in [4.69, 9.17) is 0 Å². The van der Waals surface area contributed by atoms with Gasteiger partial charge in [-0.05, 0) is 25.0 Å². The van der Waals surface area contributed by atoms with Crippen LogP contribution in [0.4, 0.5) is 13.2 Å². The first-order chi connectivity index (χ1) is 13.3. The molecule has 0 N–H and O–H groups in total. The largest absolute Gasteiger partial charge is 0.417 e. The molecule has 28 heavy (non-hydrogen) atoms. The van der Waals surface area contributed by atoms with Gasteiger partial charge in [-0.3, -0.25) is 14.5 Å². The standard InChI is InChI=1S/C20H28F3N3O2/c1-3-9-25(10-4-2)18(27)15-24-11-13-26(14-12-24)19(28)16-7-5-6-8-17(16)20(21,22)23/h5-8H,3-4,9-15H2,1-2H3. The molecule has 0 bridgehead atoms. The Bertz CT molecular complexity index is 665. The number of nitrogens with zero attached hydrogens (tertiary/aromatic N) is 3. The maximum atomic E-state index is 13.2. The lowest BCUT2D eigenvalue weighted by atomic mass is 10.1.